The fourth-order valence-electron chi connectivity index (χ4n) is 12.9. The number of aliphatic hydroxyl groups is 6. The maximum Gasteiger partial charge on any atom is 0.397 e. The summed E-state index contributed by atoms with van der Waals surface area (Å²) in [6, 6.07) is 0. The van der Waals surface area contributed by atoms with E-state index in [1.807, 2.05) is 13.0 Å². The average Bonchev–Trinajstić information content (AvgIpc) is 3.13. The lowest BCUT2D eigenvalue weighted by Crippen LogP contribution is -2.75. The molecule has 6 fully saturated rings. The molecule has 0 aromatic heterocycles. The van der Waals surface area contributed by atoms with Crippen molar-refractivity contribution in [2.75, 3.05) is 6.61 Å². The van der Waals surface area contributed by atoms with Crippen molar-refractivity contribution < 1.29 is 76.3 Å². The molecular weight excluding hydrogens is 793 g/mol. The maximum absolute atomic E-state index is 14.5. The van der Waals surface area contributed by atoms with Gasteiger partial charge in [0.25, 0.3) is 0 Å². The predicted octanol–water partition coefficient (Wildman–Crippen LogP) is 2.69. The van der Waals surface area contributed by atoms with E-state index in [0.717, 1.165) is 31.3 Å². The Bertz CT molecular complexity index is 1740. The van der Waals surface area contributed by atoms with Crippen molar-refractivity contribution in [2.24, 2.45) is 39.4 Å². The topological polar surface area (TPSA) is 248 Å². The van der Waals surface area contributed by atoms with Crippen molar-refractivity contribution in [2.45, 2.75) is 198 Å². The number of esters is 1. The van der Waals surface area contributed by atoms with Gasteiger partial charge in [0, 0.05) is 0 Å². The Kier molecular flexibility index (Phi) is 12.0. The minimum absolute atomic E-state index is 0.00802. The molecule has 7 rings (SSSR count). The Morgan fingerprint density at radius 1 is 0.898 bits per heavy atom. The summed E-state index contributed by atoms with van der Waals surface area (Å²) in [6.07, 6.45) is -7.39. The van der Waals surface area contributed by atoms with E-state index in [4.69, 9.17) is 23.7 Å². The molecule has 0 radical (unpaired) electrons. The second-order valence-corrected chi connectivity index (χ2v) is 21.7. The van der Waals surface area contributed by atoms with Crippen LogP contribution >= 0.6 is 0 Å². The molecule has 3 aliphatic heterocycles. The summed E-state index contributed by atoms with van der Waals surface area (Å²) in [5, 5.41) is 67.4. The molecule has 3 saturated heterocycles. The van der Waals surface area contributed by atoms with Crippen LogP contribution in [0.4, 0.5) is 0 Å². The molecular formula is C42H68O16S. The van der Waals surface area contributed by atoms with Crippen LogP contribution < -0.4 is 0 Å². The first-order valence-corrected chi connectivity index (χ1v) is 22.9. The number of aliphatic hydroxyl groups excluding tert-OH is 5. The molecule has 7 aliphatic rings. The maximum atomic E-state index is 14.5. The van der Waals surface area contributed by atoms with Crippen molar-refractivity contribution in [1.29, 1.82) is 0 Å². The van der Waals surface area contributed by atoms with E-state index in [2.05, 4.69) is 45.7 Å². The number of hydrogen-bond acceptors (Lipinski definition) is 15. The SMILES string of the molecule is CC(C)CCC[C@]1(C)OC(=O)C23C[C@]1(O)CC[C@@]2(C)C1CCC2C(C)(C)[C@@H](OC4OCC(OS(=O)(=O)O)C(O)C4OC4OC(C)C(O)C(O)C4O)CC[C@]2(C)C1=C[C@@H]3O. The van der Waals surface area contributed by atoms with Gasteiger partial charge in [-0.2, -0.15) is 8.42 Å². The summed E-state index contributed by atoms with van der Waals surface area (Å²) in [6.45, 7) is 15.6. The van der Waals surface area contributed by atoms with Crippen molar-refractivity contribution in [1.82, 2.24) is 0 Å². The quantitative estimate of drug-likeness (QED) is 0.0722. The first-order valence-electron chi connectivity index (χ1n) is 21.6. The molecule has 59 heavy (non-hydrogen) atoms. The lowest BCUT2D eigenvalue weighted by molar-refractivity contribution is -0.362. The molecule has 17 heteroatoms. The molecule has 4 aliphatic carbocycles. The van der Waals surface area contributed by atoms with Gasteiger partial charge in [0.1, 0.15) is 53.2 Å². The molecule has 7 N–H and O–H groups in total. The number of cyclic esters (lactones) is 1. The van der Waals surface area contributed by atoms with Crippen LogP contribution in [-0.4, -0.2) is 135 Å². The lowest BCUT2D eigenvalue weighted by Gasteiger charge is -2.70. The number of carbonyl (C=O) groups excluding carboxylic acids is 1. The molecule has 3 saturated carbocycles. The van der Waals surface area contributed by atoms with Crippen molar-refractivity contribution in [3.05, 3.63) is 11.6 Å². The van der Waals surface area contributed by atoms with E-state index in [1.165, 1.54) is 6.92 Å². The monoisotopic (exact) mass is 860 g/mol. The molecule has 0 aromatic carbocycles. The summed E-state index contributed by atoms with van der Waals surface area (Å²) in [5.41, 5.74) is -4.15. The van der Waals surface area contributed by atoms with Crippen LogP contribution in [0.25, 0.3) is 0 Å². The Balaban J connectivity index is 1.13. The van der Waals surface area contributed by atoms with Gasteiger partial charge in [-0.1, -0.05) is 59.6 Å². The third-order valence-corrected chi connectivity index (χ3v) is 17.1. The standard InChI is InChI=1S/C42H68O16S/c1-21(2)10-9-14-40(8)41(49)17-16-39(7)23-11-12-26-37(4,5)28(13-15-38(26,6)24(23)18-27(43)42(39,20-41)36(48)57-40)55-35-33(30(45)25(19-53-35)58-59(50,51)52)56-34-32(47)31(46)29(44)22(3)54-34/h18,21-23,25-35,43-47,49H,9-17,19-20H2,1-8H3,(H,50,51,52)/t22?,23?,25?,26?,27-,28-,29?,30?,31?,32?,33?,34?,35?,38+,39-,40-,41+,42?/m0/s1. The van der Waals surface area contributed by atoms with Gasteiger partial charge in [0.2, 0.25) is 0 Å². The highest BCUT2D eigenvalue weighted by molar-refractivity contribution is 7.80. The van der Waals surface area contributed by atoms with Crippen molar-refractivity contribution in [3.63, 3.8) is 0 Å². The van der Waals surface area contributed by atoms with Gasteiger partial charge in [-0.25, -0.2) is 4.18 Å². The molecule has 1 spiro atoms. The van der Waals surface area contributed by atoms with Gasteiger partial charge < -0.3 is 54.3 Å². The first-order chi connectivity index (χ1) is 27.2. The molecule has 3 heterocycles. The molecule has 12 unspecified atom stereocenters. The Hall–Kier alpha value is -1.32. The Morgan fingerprint density at radius 2 is 1.59 bits per heavy atom. The van der Waals surface area contributed by atoms with Crippen LogP contribution in [0, 0.1) is 39.4 Å². The zero-order valence-electron chi connectivity index (χ0n) is 35.7. The van der Waals surface area contributed by atoms with E-state index >= 15 is 0 Å². The van der Waals surface area contributed by atoms with Crippen LogP contribution in [0.15, 0.2) is 11.6 Å². The van der Waals surface area contributed by atoms with Crippen molar-refractivity contribution >= 4 is 16.4 Å². The second-order valence-electron chi connectivity index (χ2n) is 20.7. The highest BCUT2D eigenvalue weighted by Crippen LogP contribution is 2.73. The predicted molar refractivity (Wildman–Crippen MR) is 208 cm³/mol. The molecule has 0 aromatic rings. The smallest absolute Gasteiger partial charge is 0.397 e. The van der Waals surface area contributed by atoms with Gasteiger partial charge in [-0.3, -0.25) is 9.35 Å². The number of rotatable bonds is 10. The van der Waals surface area contributed by atoms with E-state index in [1.54, 1.807) is 0 Å². The average molecular weight is 861 g/mol. The van der Waals surface area contributed by atoms with Crippen LogP contribution in [0.5, 0.6) is 0 Å². The number of ether oxygens (including phenoxy) is 5. The zero-order valence-corrected chi connectivity index (χ0v) is 36.5. The second kappa shape index (κ2) is 15.4. The zero-order chi connectivity index (χ0) is 43.5. The number of fused-ring (bicyclic) bond motifs is 5. The largest absolute Gasteiger partial charge is 0.456 e. The van der Waals surface area contributed by atoms with Crippen LogP contribution in [-0.2, 0) is 43.1 Å². The van der Waals surface area contributed by atoms with Gasteiger partial charge >= 0.3 is 16.4 Å². The third-order valence-electron chi connectivity index (χ3n) is 16.6. The summed E-state index contributed by atoms with van der Waals surface area (Å²) >= 11 is 0. The molecule has 18 atom stereocenters. The highest BCUT2D eigenvalue weighted by Gasteiger charge is 2.76. The fourth-order valence-corrected chi connectivity index (χ4v) is 13.4. The molecule has 0 amide bonds. The van der Waals surface area contributed by atoms with Gasteiger partial charge in [-0.05, 0) is 106 Å². The minimum Gasteiger partial charge on any atom is -0.456 e. The van der Waals surface area contributed by atoms with E-state index in [9.17, 15) is 48.4 Å². The van der Waals surface area contributed by atoms with Gasteiger partial charge in [-0.15, -0.1) is 0 Å². The minimum atomic E-state index is -5.03. The van der Waals surface area contributed by atoms with E-state index in [0.29, 0.717) is 38.0 Å². The number of allylic oxidation sites excluding steroid dienone is 1. The molecule has 2 bridgehead atoms. The lowest BCUT2D eigenvalue weighted by atomic mass is 9.36. The fraction of sp³-hybridized carbons (Fsp3) is 0.929. The Morgan fingerprint density at radius 3 is 2.25 bits per heavy atom. The Labute approximate surface area is 347 Å². The third kappa shape index (κ3) is 7.27. The number of hydrogen-bond donors (Lipinski definition) is 7. The van der Waals surface area contributed by atoms with E-state index in [-0.39, 0.29) is 18.3 Å². The highest BCUT2D eigenvalue weighted by atomic mass is 32.3. The van der Waals surface area contributed by atoms with Crippen molar-refractivity contribution in [3.8, 4) is 0 Å². The summed E-state index contributed by atoms with van der Waals surface area (Å²) in [7, 11) is -5.03. The number of carbonyl (C=O) groups is 1. The van der Waals surface area contributed by atoms with Crippen LogP contribution in [0.3, 0.4) is 0 Å². The summed E-state index contributed by atoms with van der Waals surface area (Å²) in [5.74, 6) is 0.0193. The van der Waals surface area contributed by atoms with Crippen LogP contribution in [0.1, 0.15) is 120 Å². The summed E-state index contributed by atoms with van der Waals surface area (Å²) in [4.78, 5) is 14.5. The summed E-state index contributed by atoms with van der Waals surface area (Å²) < 4.78 is 68.0. The molecule has 16 nitrogen and oxygen atoms in total. The van der Waals surface area contributed by atoms with Crippen LogP contribution in [0.2, 0.25) is 0 Å². The van der Waals surface area contributed by atoms with Gasteiger partial charge in [0.15, 0.2) is 12.6 Å². The van der Waals surface area contributed by atoms with E-state index < -0.39 is 123 Å². The molecule has 338 valence electrons. The van der Waals surface area contributed by atoms with Gasteiger partial charge in [0.05, 0.1) is 24.9 Å². The first kappa shape index (κ1) is 45.7. The normalized spacial score (nSPS) is 50.9.